The Kier molecular flexibility index (Phi) is 9.82. The summed E-state index contributed by atoms with van der Waals surface area (Å²) in [7, 11) is -2.50. The van der Waals surface area contributed by atoms with Crippen LogP contribution < -0.4 is 10.6 Å². The van der Waals surface area contributed by atoms with E-state index < -0.39 is 27.9 Å². The Balaban J connectivity index is 1.87. The molecule has 3 rings (SSSR count). The van der Waals surface area contributed by atoms with Crippen molar-refractivity contribution in [2.45, 2.75) is 51.5 Å². The lowest BCUT2D eigenvalue weighted by Gasteiger charge is -2.25. The fraction of sp³-hybridized carbons (Fsp3) is 0.480. The van der Waals surface area contributed by atoms with E-state index in [2.05, 4.69) is 27.2 Å². The minimum atomic E-state index is -3.67. The van der Waals surface area contributed by atoms with Gasteiger partial charge in [0.1, 0.15) is 5.00 Å². The quantitative estimate of drug-likeness (QED) is 0.462. The van der Waals surface area contributed by atoms with E-state index in [0.29, 0.717) is 43.9 Å². The van der Waals surface area contributed by atoms with Gasteiger partial charge in [0.2, 0.25) is 10.0 Å². The Morgan fingerprint density at radius 2 is 1.70 bits per heavy atom. The van der Waals surface area contributed by atoms with Gasteiger partial charge in [-0.15, -0.1) is 11.3 Å². The second kappa shape index (κ2) is 12.6. The fourth-order valence-corrected chi connectivity index (χ4v) is 7.12. The van der Waals surface area contributed by atoms with Gasteiger partial charge in [0.25, 0.3) is 11.8 Å². The fourth-order valence-electron chi connectivity index (χ4n) is 4.21. The highest BCUT2D eigenvalue weighted by molar-refractivity contribution is 7.89. The van der Waals surface area contributed by atoms with E-state index in [1.807, 2.05) is 13.8 Å². The minimum Gasteiger partial charge on any atom is -0.453 e. The summed E-state index contributed by atoms with van der Waals surface area (Å²) in [5.41, 5.74) is 1.31. The van der Waals surface area contributed by atoms with Crippen LogP contribution in [0, 0.1) is 0 Å². The van der Waals surface area contributed by atoms with E-state index in [-0.39, 0.29) is 16.0 Å². The van der Waals surface area contributed by atoms with Crippen LogP contribution in [-0.2, 0) is 27.7 Å². The summed E-state index contributed by atoms with van der Waals surface area (Å²) < 4.78 is 32.0. The molecule has 0 bridgehead atoms. The van der Waals surface area contributed by atoms with Gasteiger partial charge in [0.15, 0.2) is 0 Å². The molecule has 0 aliphatic carbocycles. The van der Waals surface area contributed by atoms with E-state index >= 15 is 0 Å². The van der Waals surface area contributed by atoms with Crippen LogP contribution in [0.15, 0.2) is 29.2 Å². The second-order valence-electron chi connectivity index (χ2n) is 8.65. The number of nitrogens with zero attached hydrogens (tertiary/aromatic N) is 2. The third-order valence-corrected chi connectivity index (χ3v) is 9.18. The zero-order chi connectivity index (χ0) is 27.2. The zero-order valence-corrected chi connectivity index (χ0v) is 23.3. The van der Waals surface area contributed by atoms with Crippen molar-refractivity contribution in [1.82, 2.24) is 14.5 Å². The van der Waals surface area contributed by atoms with Gasteiger partial charge in [-0.05, 0) is 55.6 Å². The lowest BCUT2D eigenvalue weighted by atomic mass is 10.0. The summed E-state index contributed by atoms with van der Waals surface area (Å²) in [6, 6.07) is 5.76. The van der Waals surface area contributed by atoms with Gasteiger partial charge >= 0.3 is 6.09 Å². The number of carbonyl (C=O) groups excluding carboxylic acids is 3. The number of rotatable bonds is 10. The van der Waals surface area contributed by atoms with Crippen molar-refractivity contribution in [3.63, 3.8) is 0 Å². The number of nitrogens with one attached hydrogen (secondary N) is 2. The number of carbonyl (C=O) groups is 3. The first-order valence-corrected chi connectivity index (χ1v) is 14.6. The number of thiophene rings is 1. The number of alkyl carbamates (subject to hydrolysis) is 1. The van der Waals surface area contributed by atoms with Gasteiger partial charge in [-0.25, -0.2) is 13.2 Å². The van der Waals surface area contributed by atoms with Crippen LogP contribution in [0.1, 0.15) is 64.8 Å². The molecule has 0 atom stereocenters. The summed E-state index contributed by atoms with van der Waals surface area (Å²) in [5.74, 6) is -1.13. The van der Waals surface area contributed by atoms with Crippen molar-refractivity contribution >= 4 is 44.3 Å². The van der Waals surface area contributed by atoms with Gasteiger partial charge in [-0.1, -0.05) is 20.8 Å². The Bertz CT molecular complexity index is 1230. The number of ether oxygens (including phenoxy) is 1. The SMILES string of the molecule is CCCN(CCC)S(=O)(=O)c1ccc(C(=O)Nc2sc3c(c2C(=O)NC(=O)OC)CCN(CC)C3)cc1. The molecule has 0 fully saturated rings. The number of anilines is 1. The molecule has 1 aliphatic heterocycles. The molecule has 0 spiro atoms. The van der Waals surface area contributed by atoms with E-state index in [4.69, 9.17) is 0 Å². The Hall–Kier alpha value is -2.80. The highest BCUT2D eigenvalue weighted by Gasteiger charge is 2.30. The molecule has 0 radical (unpaired) electrons. The Labute approximate surface area is 222 Å². The van der Waals surface area contributed by atoms with Crippen LogP contribution in [0.4, 0.5) is 9.80 Å². The number of amides is 3. The Morgan fingerprint density at radius 1 is 1.05 bits per heavy atom. The van der Waals surface area contributed by atoms with E-state index in [1.165, 1.54) is 47.0 Å². The molecule has 202 valence electrons. The summed E-state index contributed by atoms with van der Waals surface area (Å²) in [6.45, 7) is 9.01. The molecule has 2 aromatic rings. The number of benzene rings is 1. The molecule has 0 saturated carbocycles. The van der Waals surface area contributed by atoms with Crippen LogP contribution in [0.2, 0.25) is 0 Å². The number of hydrogen-bond donors (Lipinski definition) is 2. The van der Waals surface area contributed by atoms with Crippen LogP contribution in [0.5, 0.6) is 0 Å². The molecular weight excluding hydrogens is 516 g/mol. The summed E-state index contributed by atoms with van der Waals surface area (Å²) in [6.07, 6.45) is 1.13. The van der Waals surface area contributed by atoms with Crippen LogP contribution in [0.3, 0.4) is 0 Å². The second-order valence-corrected chi connectivity index (χ2v) is 11.7. The summed E-state index contributed by atoms with van der Waals surface area (Å²) in [5, 5.41) is 5.32. The predicted molar refractivity (Wildman–Crippen MR) is 143 cm³/mol. The van der Waals surface area contributed by atoms with Crippen molar-refractivity contribution in [2.24, 2.45) is 0 Å². The average molecular weight is 551 g/mol. The molecule has 2 heterocycles. The first kappa shape index (κ1) is 28.8. The summed E-state index contributed by atoms with van der Waals surface area (Å²) in [4.78, 5) is 41.0. The average Bonchev–Trinajstić information content (AvgIpc) is 3.25. The van der Waals surface area contributed by atoms with Gasteiger partial charge in [0, 0.05) is 36.6 Å². The van der Waals surface area contributed by atoms with Crippen molar-refractivity contribution < 1.29 is 27.5 Å². The normalized spacial score (nSPS) is 13.8. The maximum Gasteiger partial charge on any atom is 0.413 e. The lowest BCUT2D eigenvalue weighted by Crippen LogP contribution is -2.33. The van der Waals surface area contributed by atoms with Crippen molar-refractivity contribution in [2.75, 3.05) is 38.6 Å². The standard InChI is InChI=1S/C25H34N4O6S2/c1-5-13-29(14-6-2)37(33,34)18-10-8-17(9-11-18)22(30)26-24-21(23(31)27-25(32)35-4)19-12-15-28(7-3)16-20(19)36-24/h8-11H,5-7,12-16H2,1-4H3,(H,26,30)(H,27,31,32). The number of fused-ring (bicyclic) bond motifs is 1. The van der Waals surface area contributed by atoms with Crippen molar-refractivity contribution in [3.05, 3.63) is 45.8 Å². The van der Waals surface area contributed by atoms with Crippen LogP contribution >= 0.6 is 11.3 Å². The molecule has 1 aromatic carbocycles. The van der Waals surface area contributed by atoms with Crippen molar-refractivity contribution in [3.8, 4) is 0 Å². The topological polar surface area (TPSA) is 125 Å². The molecular formula is C25H34N4O6S2. The molecule has 1 aliphatic rings. The molecule has 10 nitrogen and oxygen atoms in total. The molecule has 12 heteroatoms. The third-order valence-electron chi connectivity index (χ3n) is 6.14. The van der Waals surface area contributed by atoms with E-state index in [0.717, 1.165) is 23.5 Å². The lowest BCUT2D eigenvalue weighted by molar-refractivity contribution is 0.0936. The maximum absolute atomic E-state index is 13.1. The maximum atomic E-state index is 13.1. The minimum absolute atomic E-state index is 0.121. The Morgan fingerprint density at radius 3 is 2.27 bits per heavy atom. The molecule has 0 saturated heterocycles. The van der Waals surface area contributed by atoms with Gasteiger partial charge < -0.3 is 10.1 Å². The monoisotopic (exact) mass is 550 g/mol. The highest BCUT2D eigenvalue weighted by atomic mass is 32.2. The van der Waals surface area contributed by atoms with Crippen LogP contribution in [0.25, 0.3) is 0 Å². The third kappa shape index (κ3) is 6.56. The predicted octanol–water partition coefficient (Wildman–Crippen LogP) is 3.69. The number of hydrogen-bond acceptors (Lipinski definition) is 8. The number of methoxy groups -OCH3 is 1. The number of likely N-dealkylation sites (N-methyl/N-ethyl adjacent to an activating group) is 1. The molecule has 3 amide bonds. The number of sulfonamides is 1. The van der Waals surface area contributed by atoms with Crippen molar-refractivity contribution in [1.29, 1.82) is 0 Å². The van der Waals surface area contributed by atoms with Gasteiger partial charge in [-0.3, -0.25) is 19.8 Å². The summed E-state index contributed by atoms with van der Waals surface area (Å²) >= 11 is 1.30. The number of imide groups is 1. The smallest absolute Gasteiger partial charge is 0.413 e. The van der Waals surface area contributed by atoms with Gasteiger partial charge in [-0.2, -0.15) is 4.31 Å². The first-order valence-electron chi connectivity index (χ1n) is 12.3. The van der Waals surface area contributed by atoms with Gasteiger partial charge in [0.05, 0.1) is 17.6 Å². The molecule has 37 heavy (non-hydrogen) atoms. The largest absolute Gasteiger partial charge is 0.453 e. The molecule has 0 unspecified atom stereocenters. The van der Waals surface area contributed by atoms with E-state index in [9.17, 15) is 22.8 Å². The van der Waals surface area contributed by atoms with Crippen LogP contribution in [-0.4, -0.2) is 68.8 Å². The molecule has 2 N–H and O–H groups in total. The zero-order valence-electron chi connectivity index (χ0n) is 21.6. The molecule has 1 aromatic heterocycles. The van der Waals surface area contributed by atoms with E-state index in [1.54, 1.807) is 0 Å². The highest BCUT2D eigenvalue weighted by Crippen LogP contribution is 2.37. The first-order chi connectivity index (χ1) is 17.7.